The average Bonchev–Trinajstić information content (AvgIpc) is 3.13. The van der Waals surface area contributed by atoms with Crippen LogP contribution in [0.5, 0.6) is 0 Å². The summed E-state index contributed by atoms with van der Waals surface area (Å²) in [4.78, 5) is 25.2. The molecular formula is C22H20N4O3. The highest BCUT2D eigenvalue weighted by Gasteiger charge is 2.19. The fraction of sp³-hybridized carbons (Fsp3) is 0.182. The Morgan fingerprint density at radius 1 is 1.21 bits per heavy atom. The summed E-state index contributed by atoms with van der Waals surface area (Å²) >= 11 is 0. The number of allylic oxidation sites excluding steroid dienone is 1. The highest BCUT2D eigenvalue weighted by atomic mass is 16.5. The average molecular weight is 388 g/mol. The SMILES string of the molecule is C=CCn1cc(C(=O)OCC)c(=O)c2ccc3c(nnn3Cc3ccccc3)c21. The van der Waals surface area contributed by atoms with Gasteiger partial charge in [-0.1, -0.05) is 41.6 Å². The first kappa shape index (κ1) is 18.6. The van der Waals surface area contributed by atoms with Crippen LogP contribution in [0.1, 0.15) is 22.8 Å². The summed E-state index contributed by atoms with van der Waals surface area (Å²) in [7, 11) is 0. The maximum Gasteiger partial charge on any atom is 0.343 e. The Labute approximate surface area is 166 Å². The molecule has 146 valence electrons. The molecule has 29 heavy (non-hydrogen) atoms. The second kappa shape index (κ2) is 7.71. The molecule has 0 bridgehead atoms. The first-order valence-electron chi connectivity index (χ1n) is 9.35. The number of fused-ring (bicyclic) bond motifs is 3. The number of hydrogen-bond acceptors (Lipinski definition) is 5. The third-order valence-corrected chi connectivity index (χ3v) is 4.72. The summed E-state index contributed by atoms with van der Waals surface area (Å²) in [6.45, 7) is 6.66. The molecule has 0 spiro atoms. The van der Waals surface area contributed by atoms with Crippen LogP contribution in [0.15, 0.2) is 66.1 Å². The lowest BCUT2D eigenvalue weighted by Gasteiger charge is -2.12. The van der Waals surface area contributed by atoms with E-state index in [-0.39, 0.29) is 17.6 Å². The van der Waals surface area contributed by atoms with Gasteiger partial charge in [-0.15, -0.1) is 11.7 Å². The molecule has 0 radical (unpaired) electrons. The predicted molar refractivity (Wildman–Crippen MR) is 111 cm³/mol. The van der Waals surface area contributed by atoms with Gasteiger partial charge >= 0.3 is 5.97 Å². The van der Waals surface area contributed by atoms with E-state index in [9.17, 15) is 9.59 Å². The van der Waals surface area contributed by atoms with Crippen molar-refractivity contribution in [2.75, 3.05) is 6.61 Å². The van der Waals surface area contributed by atoms with Gasteiger partial charge in [0.1, 0.15) is 11.1 Å². The second-order valence-corrected chi connectivity index (χ2v) is 6.60. The number of esters is 1. The summed E-state index contributed by atoms with van der Waals surface area (Å²) in [6, 6.07) is 13.5. The number of carbonyl (C=O) groups is 1. The highest BCUT2D eigenvalue weighted by Crippen LogP contribution is 2.23. The van der Waals surface area contributed by atoms with Gasteiger partial charge in [-0.2, -0.15) is 0 Å². The van der Waals surface area contributed by atoms with Crippen molar-refractivity contribution >= 4 is 27.9 Å². The third kappa shape index (κ3) is 3.31. The molecule has 0 aliphatic heterocycles. The Morgan fingerprint density at radius 2 is 2.00 bits per heavy atom. The minimum atomic E-state index is -0.634. The largest absolute Gasteiger partial charge is 0.462 e. The lowest BCUT2D eigenvalue weighted by Crippen LogP contribution is -2.21. The fourth-order valence-electron chi connectivity index (χ4n) is 3.43. The number of hydrogen-bond donors (Lipinski definition) is 0. The molecule has 2 aromatic carbocycles. The lowest BCUT2D eigenvalue weighted by molar-refractivity contribution is 0.0524. The number of rotatable bonds is 6. The topological polar surface area (TPSA) is 79.0 Å². The van der Waals surface area contributed by atoms with Crippen LogP contribution >= 0.6 is 0 Å². The van der Waals surface area contributed by atoms with E-state index in [0.29, 0.717) is 29.5 Å². The molecule has 0 aliphatic carbocycles. The summed E-state index contributed by atoms with van der Waals surface area (Å²) in [5, 5.41) is 9.03. The van der Waals surface area contributed by atoms with Gasteiger partial charge in [-0.3, -0.25) is 4.79 Å². The quantitative estimate of drug-likeness (QED) is 0.374. The van der Waals surface area contributed by atoms with E-state index >= 15 is 0 Å². The van der Waals surface area contributed by atoms with E-state index in [2.05, 4.69) is 16.9 Å². The normalized spacial score (nSPS) is 11.1. The van der Waals surface area contributed by atoms with Crippen molar-refractivity contribution in [3.8, 4) is 0 Å². The van der Waals surface area contributed by atoms with Crippen LogP contribution in [0, 0.1) is 0 Å². The Hall–Kier alpha value is -3.74. The maximum absolute atomic E-state index is 12.9. The van der Waals surface area contributed by atoms with E-state index in [1.54, 1.807) is 28.3 Å². The second-order valence-electron chi connectivity index (χ2n) is 6.60. The van der Waals surface area contributed by atoms with Gasteiger partial charge in [-0.25, -0.2) is 9.48 Å². The van der Waals surface area contributed by atoms with Crippen molar-refractivity contribution in [3.05, 3.63) is 82.7 Å². The van der Waals surface area contributed by atoms with Crippen molar-refractivity contribution in [3.63, 3.8) is 0 Å². The minimum absolute atomic E-state index is 0.00257. The number of ether oxygens (including phenoxy) is 1. The van der Waals surface area contributed by atoms with E-state index in [1.165, 1.54) is 6.20 Å². The van der Waals surface area contributed by atoms with Gasteiger partial charge < -0.3 is 9.30 Å². The van der Waals surface area contributed by atoms with Crippen LogP contribution in [0.25, 0.3) is 21.9 Å². The van der Waals surface area contributed by atoms with Gasteiger partial charge in [0, 0.05) is 18.1 Å². The van der Waals surface area contributed by atoms with Crippen molar-refractivity contribution in [2.45, 2.75) is 20.0 Å². The summed E-state index contributed by atoms with van der Waals surface area (Å²) < 4.78 is 8.63. The van der Waals surface area contributed by atoms with Crippen molar-refractivity contribution in [1.82, 2.24) is 19.6 Å². The van der Waals surface area contributed by atoms with Gasteiger partial charge in [0.15, 0.2) is 0 Å². The molecule has 0 unspecified atom stereocenters. The van der Waals surface area contributed by atoms with Crippen LogP contribution < -0.4 is 5.43 Å². The minimum Gasteiger partial charge on any atom is -0.462 e. The zero-order chi connectivity index (χ0) is 20.4. The molecule has 4 rings (SSSR count). The lowest BCUT2D eigenvalue weighted by atomic mass is 10.1. The van der Waals surface area contributed by atoms with Gasteiger partial charge in [0.05, 0.1) is 24.2 Å². The smallest absolute Gasteiger partial charge is 0.343 e. The summed E-state index contributed by atoms with van der Waals surface area (Å²) in [5.41, 5.74) is 2.76. The van der Waals surface area contributed by atoms with Crippen LogP contribution in [-0.2, 0) is 17.8 Å². The first-order valence-corrected chi connectivity index (χ1v) is 9.35. The van der Waals surface area contributed by atoms with E-state index < -0.39 is 5.97 Å². The Kier molecular flexibility index (Phi) is 4.95. The molecule has 7 heteroatoms. The molecule has 2 heterocycles. The number of pyridine rings is 1. The molecule has 4 aromatic rings. The van der Waals surface area contributed by atoms with E-state index in [0.717, 1.165) is 11.1 Å². The number of nitrogens with zero attached hydrogens (tertiary/aromatic N) is 4. The van der Waals surface area contributed by atoms with Crippen LogP contribution in [0.2, 0.25) is 0 Å². The van der Waals surface area contributed by atoms with E-state index in [1.807, 2.05) is 36.4 Å². The van der Waals surface area contributed by atoms with Gasteiger partial charge in [0.2, 0.25) is 5.43 Å². The highest BCUT2D eigenvalue weighted by molar-refractivity contribution is 6.04. The van der Waals surface area contributed by atoms with Crippen LogP contribution in [0.4, 0.5) is 0 Å². The molecule has 0 fully saturated rings. The van der Waals surface area contributed by atoms with Crippen LogP contribution in [0.3, 0.4) is 0 Å². The molecule has 0 saturated heterocycles. The maximum atomic E-state index is 12.9. The van der Waals surface area contributed by atoms with Gasteiger partial charge in [-0.05, 0) is 24.6 Å². The Bertz CT molecular complexity index is 1270. The van der Waals surface area contributed by atoms with E-state index in [4.69, 9.17) is 4.74 Å². The zero-order valence-corrected chi connectivity index (χ0v) is 16.0. The fourth-order valence-corrected chi connectivity index (χ4v) is 3.43. The third-order valence-electron chi connectivity index (χ3n) is 4.72. The summed E-state index contributed by atoms with van der Waals surface area (Å²) in [6.07, 6.45) is 3.21. The molecule has 0 amide bonds. The van der Waals surface area contributed by atoms with Crippen molar-refractivity contribution in [1.29, 1.82) is 0 Å². The van der Waals surface area contributed by atoms with Crippen molar-refractivity contribution < 1.29 is 9.53 Å². The zero-order valence-electron chi connectivity index (χ0n) is 16.0. The predicted octanol–water partition coefficient (Wildman–Crippen LogP) is 3.16. The standard InChI is InChI=1S/C22H20N4O3/c1-3-12-25-14-17(22(28)29-4-2)21(27)16-10-11-18-19(20(16)25)23-24-26(18)13-15-8-6-5-7-9-15/h3,5-11,14H,1,4,12-13H2,2H3. The Morgan fingerprint density at radius 3 is 2.72 bits per heavy atom. The summed E-state index contributed by atoms with van der Waals surface area (Å²) in [5.74, 6) is -0.634. The number of carbonyl (C=O) groups excluding carboxylic acids is 1. The first-order chi connectivity index (χ1) is 14.1. The molecular weight excluding hydrogens is 368 g/mol. The number of aromatic nitrogens is 4. The molecule has 0 N–H and O–H groups in total. The molecule has 0 aliphatic rings. The van der Waals surface area contributed by atoms with Gasteiger partial charge in [0.25, 0.3) is 0 Å². The Balaban J connectivity index is 1.93. The van der Waals surface area contributed by atoms with Crippen molar-refractivity contribution in [2.24, 2.45) is 0 Å². The molecule has 0 saturated carbocycles. The molecule has 7 nitrogen and oxygen atoms in total. The van der Waals surface area contributed by atoms with Crippen LogP contribution in [-0.4, -0.2) is 32.1 Å². The molecule has 0 atom stereocenters. The number of benzene rings is 2. The monoisotopic (exact) mass is 388 g/mol. The molecule has 2 aromatic heterocycles.